The third-order valence-electron chi connectivity index (χ3n) is 3.28. The number of para-hydroxylation sites is 1. The third-order valence-corrected chi connectivity index (χ3v) is 3.28. The average Bonchev–Trinajstić information content (AvgIpc) is 2.56. The first-order valence-electron chi connectivity index (χ1n) is 6.83. The summed E-state index contributed by atoms with van der Waals surface area (Å²) in [6.45, 7) is 0. The van der Waals surface area contributed by atoms with Crippen LogP contribution in [-0.2, 0) is 0 Å². The monoisotopic (exact) mass is 287 g/mol. The Bertz CT molecular complexity index is 878. The number of rotatable bonds is 3. The van der Waals surface area contributed by atoms with Crippen LogP contribution in [0.1, 0.15) is 5.56 Å². The number of nitrogens with zero attached hydrogens (tertiary/aromatic N) is 1. The van der Waals surface area contributed by atoms with Crippen molar-refractivity contribution in [1.29, 1.82) is 5.26 Å². The highest BCUT2D eigenvalue weighted by Gasteiger charge is 2.10. The molecule has 0 aliphatic rings. The molecule has 0 amide bonds. The fourth-order valence-electron chi connectivity index (χ4n) is 2.22. The number of aromatic nitrogens is 1. The van der Waals surface area contributed by atoms with Gasteiger partial charge in [0.1, 0.15) is 11.6 Å². The summed E-state index contributed by atoms with van der Waals surface area (Å²) < 4.78 is 0. The molecule has 0 aliphatic carbocycles. The van der Waals surface area contributed by atoms with Crippen LogP contribution < -0.4 is 10.9 Å². The van der Waals surface area contributed by atoms with Gasteiger partial charge in [0.25, 0.3) is 5.56 Å². The SMILES string of the molecule is N#Cc1c(Nc2ccccc2)cc(-c2ccccc2)[nH]c1=O. The van der Waals surface area contributed by atoms with E-state index in [1.807, 2.05) is 66.7 Å². The predicted molar refractivity (Wildman–Crippen MR) is 86.9 cm³/mol. The Kier molecular flexibility index (Phi) is 3.71. The highest BCUT2D eigenvalue weighted by atomic mass is 16.1. The molecule has 106 valence electrons. The molecule has 1 aromatic heterocycles. The number of aromatic amines is 1. The van der Waals surface area contributed by atoms with Gasteiger partial charge < -0.3 is 10.3 Å². The summed E-state index contributed by atoms with van der Waals surface area (Å²) in [4.78, 5) is 14.9. The quantitative estimate of drug-likeness (QED) is 0.772. The van der Waals surface area contributed by atoms with Crippen molar-refractivity contribution in [2.24, 2.45) is 0 Å². The largest absolute Gasteiger partial charge is 0.354 e. The van der Waals surface area contributed by atoms with E-state index in [4.69, 9.17) is 0 Å². The van der Waals surface area contributed by atoms with Crippen LogP contribution in [0.4, 0.5) is 11.4 Å². The number of benzene rings is 2. The van der Waals surface area contributed by atoms with E-state index in [2.05, 4.69) is 10.3 Å². The van der Waals surface area contributed by atoms with Crippen molar-refractivity contribution in [1.82, 2.24) is 4.98 Å². The molecule has 0 saturated carbocycles. The minimum Gasteiger partial charge on any atom is -0.354 e. The fraction of sp³-hybridized carbons (Fsp3) is 0. The van der Waals surface area contributed by atoms with Crippen molar-refractivity contribution >= 4 is 11.4 Å². The molecule has 0 atom stereocenters. The molecule has 2 N–H and O–H groups in total. The standard InChI is InChI=1S/C18H13N3O/c19-12-15-17(20-14-9-5-2-6-10-14)11-16(21-18(15)22)13-7-3-1-4-8-13/h1-11H,(H2,20,21,22). The molecule has 0 saturated heterocycles. The molecule has 0 fully saturated rings. The molecule has 4 heteroatoms. The Labute approximate surface area is 127 Å². The molecule has 0 unspecified atom stereocenters. The smallest absolute Gasteiger partial charge is 0.268 e. The van der Waals surface area contributed by atoms with Crippen LogP contribution in [0.2, 0.25) is 0 Å². The van der Waals surface area contributed by atoms with E-state index in [0.717, 1.165) is 11.3 Å². The minimum atomic E-state index is -0.401. The van der Waals surface area contributed by atoms with Gasteiger partial charge in [0.05, 0.1) is 11.4 Å². The average molecular weight is 287 g/mol. The van der Waals surface area contributed by atoms with Crippen LogP contribution in [0, 0.1) is 11.3 Å². The number of hydrogen-bond donors (Lipinski definition) is 2. The van der Waals surface area contributed by atoms with Gasteiger partial charge in [-0.1, -0.05) is 48.5 Å². The normalized spacial score (nSPS) is 9.95. The molecule has 2 aromatic carbocycles. The van der Waals surface area contributed by atoms with Crippen molar-refractivity contribution in [3.8, 4) is 17.3 Å². The highest BCUT2D eigenvalue weighted by Crippen LogP contribution is 2.23. The maximum atomic E-state index is 12.1. The molecular formula is C18H13N3O. The number of hydrogen-bond acceptors (Lipinski definition) is 3. The van der Waals surface area contributed by atoms with Gasteiger partial charge in [-0.15, -0.1) is 0 Å². The Morgan fingerprint density at radius 2 is 1.59 bits per heavy atom. The van der Waals surface area contributed by atoms with E-state index in [9.17, 15) is 10.1 Å². The summed E-state index contributed by atoms with van der Waals surface area (Å²) in [5, 5.41) is 12.4. The lowest BCUT2D eigenvalue weighted by atomic mass is 10.1. The second-order valence-electron chi connectivity index (χ2n) is 4.77. The van der Waals surface area contributed by atoms with Crippen LogP contribution in [0.25, 0.3) is 11.3 Å². The van der Waals surface area contributed by atoms with Gasteiger partial charge in [-0.25, -0.2) is 0 Å². The fourth-order valence-corrected chi connectivity index (χ4v) is 2.22. The summed E-state index contributed by atoms with van der Waals surface area (Å²) in [6, 6.07) is 22.7. The summed E-state index contributed by atoms with van der Waals surface area (Å²) in [5.74, 6) is 0. The van der Waals surface area contributed by atoms with Gasteiger partial charge in [0.2, 0.25) is 0 Å². The van der Waals surface area contributed by atoms with Crippen molar-refractivity contribution < 1.29 is 0 Å². The Morgan fingerprint density at radius 1 is 0.955 bits per heavy atom. The number of H-pyrrole nitrogens is 1. The Balaban J connectivity index is 2.10. The highest BCUT2D eigenvalue weighted by molar-refractivity contribution is 5.72. The molecule has 3 rings (SSSR count). The maximum Gasteiger partial charge on any atom is 0.268 e. The van der Waals surface area contributed by atoms with Crippen LogP contribution in [0.15, 0.2) is 71.5 Å². The molecule has 0 spiro atoms. The summed E-state index contributed by atoms with van der Waals surface area (Å²) in [5.41, 5.74) is 2.55. The maximum absolute atomic E-state index is 12.1. The van der Waals surface area contributed by atoms with Gasteiger partial charge in [0.15, 0.2) is 0 Å². The molecule has 1 heterocycles. The van der Waals surface area contributed by atoms with Gasteiger partial charge in [-0.2, -0.15) is 5.26 Å². The van der Waals surface area contributed by atoms with E-state index >= 15 is 0 Å². The number of nitrogens with one attached hydrogen (secondary N) is 2. The molecule has 0 aliphatic heterocycles. The molecule has 22 heavy (non-hydrogen) atoms. The number of nitriles is 1. The van der Waals surface area contributed by atoms with Gasteiger partial charge in [0, 0.05) is 5.69 Å². The first-order valence-corrected chi connectivity index (χ1v) is 6.83. The van der Waals surface area contributed by atoms with E-state index in [1.165, 1.54) is 0 Å². The third kappa shape index (κ3) is 2.74. The first kappa shape index (κ1) is 13.7. The predicted octanol–water partition coefficient (Wildman–Crippen LogP) is 3.66. The lowest BCUT2D eigenvalue weighted by Gasteiger charge is -2.10. The van der Waals surface area contributed by atoms with Gasteiger partial charge >= 0.3 is 0 Å². The van der Waals surface area contributed by atoms with Gasteiger partial charge in [-0.3, -0.25) is 4.79 Å². The van der Waals surface area contributed by atoms with Crippen molar-refractivity contribution in [3.05, 3.63) is 82.6 Å². The second-order valence-corrected chi connectivity index (χ2v) is 4.77. The van der Waals surface area contributed by atoms with E-state index in [-0.39, 0.29) is 5.56 Å². The van der Waals surface area contributed by atoms with Crippen molar-refractivity contribution in [2.45, 2.75) is 0 Å². The molecule has 4 nitrogen and oxygen atoms in total. The lowest BCUT2D eigenvalue weighted by Crippen LogP contribution is -2.13. The van der Waals surface area contributed by atoms with Crippen LogP contribution >= 0.6 is 0 Å². The lowest BCUT2D eigenvalue weighted by molar-refractivity contribution is 1.22. The zero-order valence-corrected chi connectivity index (χ0v) is 11.7. The minimum absolute atomic E-state index is 0.0727. The summed E-state index contributed by atoms with van der Waals surface area (Å²) >= 11 is 0. The zero-order valence-electron chi connectivity index (χ0n) is 11.7. The summed E-state index contributed by atoms with van der Waals surface area (Å²) in [7, 11) is 0. The Morgan fingerprint density at radius 3 is 2.23 bits per heavy atom. The second kappa shape index (κ2) is 5.98. The van der Waals surface area contributed by atoms with Crippen LogP contribution in [0.5, 0.6) is 0 Å². The van der Waals surface area contributed by atoms with Crippen LogP contribution in [-0.4, -0.2) is 4.98 Å². The zero-order chi connectivity index (χ0) is 15.4. The Hall–Kier alpha value is -3.32. The molecule has 0 bridgehead atoms. The molecular weight excluding hydrogens is 274 g/mol. The number of pyridine rings is 1. The summed E-state index contributed by atoms with van der Waals surface area (Å²) in [6.07, 6.45) is 0. The van der Waals surface area contributed by atoms with Gasteiger partial charge in [-0.05, 0) is 23.8 Å². The van der Waals surface area contributed by atoms with Crippen LogP contribution in [0.3, 0.4) is 0 Å². The molecule has 0 radical (unpaired) electrons. The van der Waals surface area contributed by atoms with Crippen molar-refractivity contribution in [2.75, 3.05) is 5.32 Å². The first-order chi connectivity index (χ1) is 10.8. The number of anilines is 2. The molecule has 3 aromatic rings. The topological polar surface area (TPSA) is 68.7 Å². The van der Waals surface area contributed by atoms with Crippen molar-refractivity contribution in [3.63, 3.8) is 0 Å². The van der Waals surface area contributed by atoms with E-state index in [1.54, 1.807) is 6.07 Å². The van der Waals surface area contributed by atoms with E-state index in [0.29, 0.717) is 11.4 Å². The van der Waals surface area contributed by atoms with E-state index < -0.39 is 5.56 Å².